The number of benzene rings is 2. The Morgan fingerprint density at radius 3 is 2.68 bits per heavy atom. The number of hydrogen-bond donors (Lipinski definition) is 1. The van der Waals surface area contributed by atoms with Gasteiger partial charge < -0.3 is 10.1 Å². The molecule has 0 aliphatic rings. The number of rotatable bonds is 5. The summed E-state index contributed by atoms with van der Waals surface area (Å²) in [5.41, 5.74) is 0.902. The number of anilines is 1. The fourth-order valence-corrected chi connectivity index (χ4v) is 2.23. The molecule has 6 heteroatoms. The lowest BCUT2D eigenvalue weighted by Crippen LogP contribution is -2.13. The molecule has 0 atom stereocenters. The molecule has 0 aromatic heterocycles. The van der Waals surface area contributed by atoms with Crippen molar-refractivity contribution >= 4 is 40.9 Å². The van der Waals surface area contributed by atoms with Crippen LogP contribution in [0.3, 0.4) is 0 Å². The van der Waals surface area contributed by atoms with Crippen molar-refractivity contribution in [2.45, 2.75) is 0 Å². The van der Waals surface area contributed by atoms with E-state index < -0.39 is 5.91 Å². The molecule has 25 heavy (non-hydrogen) atoms. The Balaban J connectivity index is 2.25. The van der Waals surface area contributed by atoms with Gasteiger partial charge in [-0.2, -0.15) is 5.26 Å². The Hall–Kier alpha value is -2.92. The van der Waals surface area contributed by atoms with Gasteiger partial charge in [0, 0.05) is 11.3 Å². The smallest absolute Gasteiger partial charge is 0.266 e. The first kappa shape index (κ1) is 18.4. The number of hydrogen-bond acceptors (Lipinski definition) is 3. The van der Waals surface area contributed by atoms with Gasteiger partial charge in [0.25, 0.3) is 5.91 Å². The molecule has 0 heterocycles. The summed E-state index contributed by atoms with van der Waals surface area (Å²) in [7, 11) is 0. The molecule has 0 bridgehead atoms. The van der Waals surface area contributed by atoms with Crippen LogP contribution in [0.5, 0.6) is 5.75 Å². The fraction of sp³-hybridized carbons (Fsp3) is 0.0526. The summed E-state index contributed by atoms with van der Waals surface area (Å²) in [6.07, 6.45) is 6.61. The molecule has 124 valence electrons. The molecule has 0 radical (unpaired) electrons. The van der Waals surface area contributed by atoms with Crippen molar-refractivity contribution in [3.63, 3.8) is 0 Å². The van der Waals surface area contributed by atoms with E-state index in [1.807, 2.05) is 6.07 Å². The van der Waals surface area contributed by atoms with Crippen LogP contribution in [0.4, 0.5) is 5.69 Å². The quantitative estimate of drug-likeness (QED) is 0.477. The van der Waals surface area contributed by atoms with E-state index in [0.717, 1.165) is 0 Å². The Bertz CT molecular complexity index is 908. The lowest BCUT2D eigenvalue weighted by Gasteiger charge is -2.08. The first-order valence-electron chi connectivity index (χ1n) is 7.08. The van der Waals surface area contributed by atoms with Crippen LogP contribution in [-0.2, 0) is 4.79 Å². The summed E-state index contributed by atoms with van der Waals surface area (Å²) in [6, 6.07) is 13.5. The van der Waals surface area contributed by atoms with Gasteiger partial charge in [-0.05, 0) is 30.3 Å². The summed E-state index contributed by atoms with van der Waals surface area (Å²) >= 11 is 11.8. The van der Waals surface area contributed by atoms with E-state index in [1.54, 1.807) is 36.4 Å². The predicted molar refractivity (Wildman–Crippen MR) is 99.5 cm³/mol. The van der Waals surface area contributed by atoms with Gasteiger partial charge in [-0.3, -0.25) is 4.79 Å². The largest absolute Gasteiger partial charge is 0.480 e. The molecule has 0 fully saturated rings. The van der Waals surface area contributed by atoms with Crippen LogP contribution in [0.15, 0.2) is 48.0 Å². The summed E-state index contributed by atoms with van der Waals surface area (Å²) < 4.78 is 5.40. The van der Waals surface area contributed by atoms with E-state index in [1.165, 1.54) is 12.1 Å². The lowest BCUT2D eigenvalue weighted by molar-refractivity contribution is -0.112. The second-order valence-electron chi connectivity index (χ2n) is 4.78. The van der Waals surface area contributed by atoms with Crippen LogP contribution in [-0.4, -0.2) is 12.5 Å². The second-order valence-corrected chi connectivity index (χ2v) is 5.60. The van der Waals surface area contributed by atoms with Crippen LogP contribution in [0.25, 0.3) is 6.08 Å². The van der Waals surface area contributed by atoms with Gasteiger partial charge in [0.1, 0.15) is 24.0 Å². The van der Waals surface area contributed by atoms with E-state index in [-0.39, 0.29) is 12.2 Å². The molecule has 0 unspecified atom stereocenters. The van der Waals surface area contributed by atoms with E-state index in [9.17, 15) is 10.1 Å². The molecule has 2 aromatic carbocycles. The first-order chi connectivity index (χ1) is 12.0. The van der Waals surface area contributed by atoms with Gasteiger partial charge in [-0.15, -0.1) is 6.42 Å². The van der Waals surface area contributed by atoms with Gasteiger partial charge in [0.15, 0.2) is 0 Å². The predicted octanol–water partition coefficient (Wildman–Crippen LogP) is 4.55. The topological polar surface area (TPSA) is 62.1 Å². The van der Waals surface area contributed by atoms with Crippen molar-refractivity contribution in [3.8, 4) is 24.2 Å². The minimum absolute atomic E-state index is 0.0855. The number of nitriles is 1. The van der Waals surface area contributed by atoms with Crippen molar-refractivity contribution < 1.29 is 9.53 Å². The number of ether oxygens (including phenoxy) is 1. The zero-order valence-corrected chi connectivity index (χ0v) is 14.4. The highest BCUT2D eigenvalue weighted by molar-refractivity contribution is 6.42. The number of halogens is 2. The Labute approximate surface area is 155 Å². The summed E-state index contributed by atoms with van der Waals surface area (Å²) in [4.78, 5) is 12.3. The number of carbonyl (C=O) groups is 1. The van der Waals surface area contributed by atoms with E-state index in [4.69, 9.17) is 34.4 Å². The highest BCUT2D eigenvalue weighted by atomic mass is 35.5. The van der Waals surface area contributed by atoms with E-state index in [0.29, 0.717) is 27.0 Å². The minimum atomic E-state index is -0.576. The number of nitrogens with zero attached hydrogens (tertiary/aromatic N) is 1. The second kappa shape index (κ2) is 8.80. The number of para-hydroxylation sites is 1. The Morgan fingerprint density at radius 1 is 1.24 bits per heavy atom. The molecule has 0 saturated carbocycles. The molecule has 4 nitrogen and oxygen atoms in total. The maximum atomic E-state index is 12.3. The highest BCUT2D eigenvalue weighted by Gasteiger charge is 2.12. The average molecular weight is 371 g/mol. The minimum Gasteiger partial charge on any atom is -0.480 e. The molecule has 0 saturated heterocycles. The van der Waals surface area contributed by atoms with Crippen molar-refractivity contribution in [2.24, 2.45) is 0 Å². The van der Waals surface area contributed by atoms with Gasteiger partial charge in [-0.25, -0.2) is 0 Å². The average Bonchev–Trinajstić information content (AvgIpc) is 2.61. The third kappa shape index (κ3) is 5.02. The van der Waals surface area contributed by atoms with Crippen molar-refractivity contribution in [3.05, 3.63) is 63.6 Å². The third-order valence-corrected chi connectivity index (χ3v) is 3.81. The summed E-state index contributed by atoms with van der Waals surface area (Å²) in [5.74, 6) is 2.27. The SMILES string of the molecule is C#CCOc1ccccc1/C=C(\C#N)C(=O)Nc1ccc(Cl)c(Cl)c1. The van der Waals surface area contributed by atoms with E-state index >= 15 is 0 Å². The summed E-state index contributed by atoms with van der Waals surface area (Å²) in [5, 5.41) is 12.6. The molecular formula is C19H12Cl2N2O2. The fourth-order valence-electron chi connectivity index (χ4n) is 1.93. The first-order valence-corrected chi connectivity index (χ1v) is 7.84. The molecule has 1 N–H and O–H groups in total. The van der Waals surface area contributed by atoms with Crippen LogP contribution in [0, 0.1) is 23.7 Å². The lowest BCUT2D eigenvalue weighted by atomic mass is 10.1. The Kier molecular flexibility index (Phi) is 6.48. The van der Waals surface area contributed by atoms with Gasteiger partial charge >= 0.3 is 0 Å². The third-order valence-electron chi connectivity index (χ3n) is 3.07. The highest BCUT2D eigenvalue weighted by Crippen LogP contribution is 2.26. The monoisotopic (exact) mass is 370 g/mol. The molecule has 2 rings (SSSR count). The maximum Gasteiger partial charge on any atom is 0.266 e. The molecule has 0 spiro atoms. The van der Waals surface area contributed by atoms with Crippen LogP contribution in [0.2, 0.25) is 10.0 Å². The van der Waals surface area contributed by atoms with Crippen LogP contribution in [0.1, 0.15) is 5.56 Å². The van der Waals surface area contributed by atoms with Crippen molar-refractivity contribution in [1.82, 2.24) is 0 Å². The number of nitrogens with one attached hydrogen (secondary N) is 1. The molecule has 0 aliphatic carbocycles. The van der Waals surface area contributed by atoms with Crippen molar-refractivity contribution in [1.29, 1.82) is 5.26 Å². The van der Waals surface area contributed by atoms with Crippen LogP contribution < -0.4 is 10.1 Å². The van der Waals surface area contributed by atoms with Gasteiger partial charge in [0.2, 0.25) is 0 Å². The zero-order valence-electron chi connectivity index (χ0n) is 12.9. The van der Waals surface area contributed by atoms with E-state index in [2.05, 4.69) is 11.2 Å². The van der Waals surface area contributed by atoms with Crippen molar-refractivity contribution in [2.75, 3.05) is 11.9 Å². The number of terminal acetylenes is 1. The van der Waals surface area contributed by atoms with Crippen LogP contribution >= 0.6 is 23.2 Å². The number of carbonyl (C=O) groups excluding carboxylic acids is 1. The van der Waals surface area contributed by atoms with Gasteiger partial charge in [0.05, 0.1) is 10.0 Å². The molecule has 1 amide bonds. The Morgan fingerprint density at radius 2 is 2.00 bits per heavy atom. The van der Waals surface area contributed by atoms with Gasteiger partial charge in [-0.1, -0.05) is 47.3 Å². The normalized spacial score (nSPS) is 10.5. The number of amides is 1. The molecule has 2 aromatic rings. The molecule has 0 aliphatic heterocycles. The zero-order chi connectivity index (χ0) is 18.2. The standard InChI is InChI=1S/C19H12Cl2N2O2/c1-2-9-25-18-6-4-3-5-13(18)10-14(12-22)19(24)23-15-7-8-16(20)17(21)11-15/h1,3-8,10-11H,9H2,(H,23,24)/b14-10+. The molecular weight excluding hydrogens is 359 g/mol. The summed E-state index contributed by atoms with van der Waals surface area (Å²) in [6.45, 7) is 0.0855. The maximum absolute atomic E-state index is 12.3.